The Bertz CT molecular complexity index is 681. The zero-order valence-corrected chi connectivity index (χ0v) is 12.6. The van der Waals surface area contributed by atoms with Gasteiger partial charge in [-0.2, -0.15) is 0 Å². The first-order valence-electron chi connectivity index (χ1n) is 7.09. The number of carbonyl (C=O) groups is 1. The molecular weight excluding hydrogens is 282 g/mol. The summed E-state index contributed by atoms with van der Waals surface area (Å²) < 4.78 is 5.41. The minimum atomic E-state index is -0.219. The van der Waals surface area contributed by atoms with E-state index in [2.05, 4.69) is 15.3 Å². The van der Waals surface area contributed by atoms with Crippen molar-refractivity contribution in [3.05, 3.63) is 58.3 Å². The average Bonchev–Trinajstić information content (AvgIpc) is 2.52. The smallest absolute Gasteiger partial charge is 0.251 e. The first-order chi connectivity index (χ1) is 10.6. The fourth-order valence-corrected chi connectivity index (χ4v) is 1.75. The third-order valence-electron chi connectivity index (χ3n) is 2.89. The lowest BCUT2D eigenvalue weighted by Crippen LogP contribution is -2.24. The lowest BCUT2D eigenvalue weighted by atomic mass is 10.2. The summed E-state index contributed by atoms with van der Waals surface area (Å²) in [4.78, 5) is 30.6. The van der Waals surface area contributed by atoms with Gasteiger partial charge in [-0.15, -0.1) is 0 Å². The van der Waals surface area contributed by atoms with Crippen molar-refractivity contribution in [2.75, 3.05) is 6.61 Å². The van der Waals surface area contributed by atoms with Crippen molar-refractivity contribution >= 4 is 5.91 Å². The minimum absolute atomic E-state index is 0.201. The molecule has 0 radical (unpaired) electrons. The molecule has 0 unspecified atom stereocenters. The van der Waals surface area contributed by atoms with E-state index in [0.717, 1.165) is 0 Å². The van der Waals surface area contributed by atoms with Gasteiger partial charge in [-0.1, -0.05) is 13.8 Å². The van der Waals surface area contributed by atoms with Crippen LogP contribution < -0.4 is 15.5 Å². The normalized spacial score (nSPS) is 10.5. The summed E-state index contributed by atoms with van der Waals surface area (Å²) in [5.41, 5.74) is 0.936. The van der Waals surface area contributed by atoms with Gasteiger partial charge in [0, 0.05) is 35.9 Å². The number of carbonyl (C=O) groups excluding carboxylic acids is 1. The number of pyridine rings is 2. The summed E-state index contributed by atoms with van der Waals surface area (Å²) in [5, 5.41) is 2.73. The largest absolute Gasteiger partial charge is 0.488 e. The van der Waals surface area contributed by atoms with E-state index in [-0.39, 0.29) is 23.6 Å². The minimum Gasteiger partial charge on any atom is -0.488 e. The Balaban J connectivity index is 1.95. The molecule has 2 aromatic rings. The van der Waals surface area contributed by atoms with Gasteiger partial charge in [-0.05, 0) is 18.1 Å². The molecule has 6 heteroatoms. The highest BCUT2D eigenvalue weighted by Crippen LogP contribution is 2.05. The highest BCUT2D eigenvalue weighted by molar-refractivity contribution is 5.93. The maximum Gasteiger partial charge on any atom is 0.251 e. The number of hydrogen-bond acceptors (Lipinski definition) is 4. The monoisotopic (exact) mass is 301 g/mol. The molecule has 0 bridgehead atoms. The molecule has 0 aliphatic rings. The van der Waals surface area contributed by atoms with Crippen LogP contribution in [-0.4, -0.2) is 22.5 Å². The Morgan fingerprint density at radius 1 is 1.36 bits per heavy atom. The van der Waals surface area contributed by atoms with Crippen LogP contribution in [0, 0.1) is 5.92 Å². The standard InChI is InChI=1S/C16H19N3O3/c1-11(2)10-22-15-9-18-13(7-14(15)20)8-19-16(21)12-3-5-17-6-4-12/h3-7,9,11H,8,10H2,1-2H3,(H,18,20)(H,19,21). The number of amides is 1. The van der Waals surface area contributed by atoms with E-state index in [0.29, 0.717) is 23.8 Å². The van der Waals surface area contributed by atoms with E-state index in [1.807, 2.05) is 13.8 Å². The summed E-state index contributed by atoms with van der Waals surface area (Å²) >= 11 is 0. The Kier molecular flexibility index (Phi) is 5.30. The maximum absolute atomic E-state index is 11.9. The summed E-state index contributed by atoms with van der Waals surface area (Å²) in [6.07, 6.45) is 4.63. The first kappa shape index (κ1) is 15.8. The van der Waals surface area contributed by atoms with Crippen LogP contribution in [0.25, 0.3) is 0 Å². The fraction of sp³-hybridized carbons (Fsp3) is 0.312. The van der Waals surface area contributed by atoms with Crippen molar-refractivity contribution in [1.82, 2.24) is 15.3 Å². The molecule has 0 fully saturated rings. The molecule has 0 saturated carbocycles. The van der Waals surface area contributed by atoms with Crippen LogP contribution in [0.5, 0.6) is 5.75 Å². The molecule has 2 N–H and O–H groups in total. The molecule has 0 spiro atoms. The Hall–Kier alpha value is -2.63. The molecule has 0 atom stereocenters. The van der Waals surface area contributed by atoms with Crippen LogP contribution in [0.3, 0.4) is 0 Å². The number of rotatable bonds is 6. The summed E-state index contributed by atoms with van der Waals surface area (Å²) in [7, 11) is 0. The Morgan fingerprint density at radius 3 is 2.73 bits per heavy atom. The van der Waals surface area contributed by atoms with E-state index in [4.69, 9.17) is 4.74 Å². The number of nitrogens with one attached hydrogen (secondary N) is 2. The lowest BCUT2D eigenvalue weighted by molar-refractivity contribution is 0.0950. The van der Waals surface area contributed by atoms with Gasteiger partial charge in [0.05, 0.1) is 13.2 Å². The summed E-state index contributed by atoms with van der Waals surface area (Å²) in [6, 6.07) is 4.68. The van der Waals surface area contributed by atoms with Crippen LogP contribution in [-0.2, 0) is 6.54 Å². The Labute approximate surface area is 128 Å². The summed E-state index contributed by atoms with van der Waals surface area (Å²) in [5.74, 6) is 0.417. The number of nitrogens with zero attached hydrogens (tertiary/aromatic N) is 1. The van der Waals surface area contributed by atoms with Crippen LogP contribution >= 0.6 is 0 Å². The summed E-state index contributed by atoms with van der Waals surface area (Å²) in [6.45, 7) is 4.75. The topological polar surface area (TPSA) is 84.1 Å². The van der Waals surface area contributed by atoms with Gasteiger partial charge in [-0.3, -0.25) is 14.6 Å². The van der Waals surface area contributed by atoms with E-state index < -0.39 is 0 Å². The highest BCUT2D eigenvalue weighted by atomic mass is 16.5. The molecule has 0 aliphatic heterocycles. The zero-order valence-electron chi connectivity index (χ0n) is 12.6. The van der Waals surface area contributed by atoms with Crippen LogP contribution in [0.2, 0.25) is 0 Å². The molecule has 2 aromatic heterocycles. The molecule has 1 amide bonds. The van der Waals surface area contributed by atoms with Gasteiger partial charge < -0.3 is 15.0 Å². The first-order valence-corrected chi connectivity index (χ1v) is 7.09. The molecule has 116 valence electrons. The van der Waals surface area contributed by atoms with Crippen molar-refractivity contribution in [1.29, 1.82) is 0 Å². The highest BCUT2D eigenvalue weighted by Gasteiger charge is 2.07. The van der Waals surface area contributed by atoms with Crippen molar-refractivity contribution < 1.29 is 9.53 Å². The number of ether oxygens (including phenoxy) is 1. The van der Waals surface area contributed by atoms with Crippen molar-refractivity contribution in [2.45, 2.75) is 20.4 Å². The van der Waals surface area contributed by atoms with Gasteiger partial charge in [-0.25, -0.2) is 0 Å². The zero-order chi connectivity index (χ0) is 15.9. The van der Waals surface area contributed by atoms with Crippen molar-refractivity contribution in [3.63, 3.8) is 0 Å². The maximum atomic E-state index is 11.9. The van der Waals surface area contributed by atoms with E-state index in [9.17, 15) is 9.59 Å². The number of aromatic amines is 1. The molecule has 0 saturated heterocycles. The van der Waals surface area contributed by atoms with Gasteiger partial charge in [0.15, 0.2) is 5.75 Å². The second kappa shape index (κ2) is 7.40. The molecule has 2 heterocycles. The predicted octanol–water partition coefficient (Wildman–Crippen LogP) is 1.73. The van der Waals surface area contributed by atoms with Gasteiger partial charge >= 0.3 is 0 Å². The molecule has 22 heavy (non-hydrogen) atoms. The Morgan fingerprint density at radius 2 is 2.09 bits per heavy atom. The molecule has 2 rings (SSSR count). The van der Waals surface area contributed by atoms with E-state index >= 15 is 0 Å². The van der Waals surface area contributed by atoms with E-state index in [1.54, 1.807) is 24.5 Å². The van der Waals surface area contributed by atoms with Gasteiger partial charge in [0.1, 0.15) is 0 Å². The average molecular weight is 301 g/mol. The fourth-order valence-electron chi connectivity index (χ4n) is 1.75. The van der Waals surface area contributed by atoms with Crippen LogP contribution in [0.15, 0.2) is 41.6 Å². The molecular formula is C16H19N3O3. The van der Waals surface area contributed by atoms with Crippen LogP contribution in [0.1, 0.15) is 29.9 Å². The van der Waals surface area contributed by atoms with Crippen LogP contribution in [0.4, 0.5) is 0 Å². The SMILES string of the molecule is CC(C)COc1c[nH]c(CNC(=O)c2ccncc2)cc1=O. The number of hydrogen-bond donors (Lipinski definition) is 2. The lowest BCUT2D eigenvalue weighted by Gasteiger charge is -2.09. The van der Waals surface area contributed by atoms with Crippen molar-refractivity contribution in [3.8, 4) is 5.75 Å². The molecule has 6 nitrogen and oxygen atoms in total. The number of aromatic nitrogens is 2. The number of H-pyrrole nitrogens is 1. The van der Waals surface area contributed by atoms with Gasteiger partial charge in [0.25, 0.3) is 5.91 Å². The third kappa shape index (κ3) is 4.44. The van der Waals surface area contributed by atoms with E-state index in [1.165, 1.54) is 12.3 Å². The second-order valence-electron chi connectivity index (χ2n) is 5.31. The molecule has 0 aromatic carbocycles. The predicted molar refractivity (Wildman–Crippen MR) is 82.8 cm³/mol. The third-order valence-corrected chi connectivity index (χ3v) is 2.89. The quantitative estimate of drug-likeness (QED) is 0.851. The van der Waals surface area contributed by atoms with Gasteiger partial charge in [0.2, 0.25) is 5.43 Å². The second-order valence-corrected chi connectivity index (χ2v) is 5.31. The van der Waals surface area contributed by atoms with Crippen molar-refractivity contribution in [2.24, 2.45) is 5.92 Å². The molecule has 0 aliphatic carbocycles.